The molecule has 0 heterocycles. The summed E-state index contributed by atoms with van der Waals surface area (Å²) in [6.45, 7) is -10.3. The number of carbonyl (C=O) groups excluding carboxylic acids is 6. The van der Waals surface area contributed by atoms with Crippen molar-refractivity contribution in [1.82, 2.24) is 0 Å². The molecule has 6 amide bonds. The molecule has 16 nitrogen and oxygen atoms in total. The van der Waals surface area contributed by atoms with Crippen LogP contribution >= 0.6 is 47.8 Å². The zero-order chi connectivity index (χ0) is 95.4. The Kier molecular flexibility index (Phi) is 30.7. The number of benzene rings is 9. The van der Waals surface area contributed by atoms with E-state index in [4.69, 9.17) is 0 Å². The molecule has 3 fully saturated rings. The minimum absolute atomic E-state index is 0.0106. The van der Waals surface area contributed by atoms with Gasteiger partial charge >= 0.3 is 38.4 Å². The highest BCUT2D eigenvalue weighted by atomic mass is 79.9. The molecule has 3 N–H and O–H groups in total. The zero-order valence-corrected chi connectivity index (χ0v) is 70.6. The SMILES string of the molecule is CC(F)(c1cc(Br)c(NC(=O)c2cccc(N(CC3CC3)C(=O)c3cc(F)cc(F)c3)c2F)c(OC(F)F)c1)C(F)(F)F.CC(F)(c1cc(Br)c(NC(=O)c2cccc(N(CC3CC3)C(=O)c3ccc(F)c(F)c3)c2F)c(OC(F)F)c1)C(F)(F)F.CC(F)(c1cc(Br)c(NC(=O)c2cccc(N(CC3CC3)C(=O)c3ccccc3C#N)c2F)c(OC(F)F)c1)C(F)(F)F. The van der Waals surface area contributed by atoms with E-state index in [1.165, 1.54) is 42.5 Å². The van der Waals surface area contributed by atoms with Crippen LogP contribution in [-0.4, -0.2) is 93.4 Å². The van der Waals surface area contributed by atoms with Crippen LogP contribution in [0.25, 0.3) is 0 Å². The Morgan fingerprint density at radius 1 is 0.388 bits per heavy atom. The minimum atomic E-state index is -5.44. The number of halogens is 28. The summed E-state index contributed by atoms with van der Waals surface area (Å²) in [4.78, 5) is 82.4. The van der Waals surface area contributed by atoms with Gasteiger partial charge in [0, 0.05) is 66.9 Å². The van der Waals surface area contributed by atoms with Crippen molar-refractivity contribution in [2.45, 2.75) is 115 Å². The number of alkyl halides is 18. The van der Waals surface area contributed by atoms with E-state index in [0.29, 0.717) is 74.2 Å². The number of ether oxygens (including phenoxy) is 3. The topological polar surface area (TPSA) is 200 Å². The number of nitriles is 1. The molecule has 9 aromatic rings. The monoisotopic (exact) mass is 2040 g/mol. The second kappa shape index (κ2) is 39.8. The van der Waals surface area contributed by atoms with Gasteiger partial charge in [0.15, 0.2) is 46.3 Å². The quantitative estimate of drug-likeness (QED) is 0.0416. The van der Waals surface area contributed by atoms with E-state index in [1.54, 1.807) is 6.07 Å². The van der Waals surface area contributed by atoms with Crippen molar-refractivity contribution in [2.75, 3.05) is 50.3 Å². The van der Waals surface area contributed by atoms with E-state index < -0.39 is 230 Å². The zero-order valence-electron chi connectivity index (χ0n) is 65.8. The molecule has 0 aliphatic heterocycles. The Morgan fingerprint density at radius 2 is 0.690 bits per heavy atom. The van der Waals surface area contributed by atoms with Gasteiger partial charge < -0.3 is 44.9 Å². The molecule has 3 unspecified atom stereocenters. The maximum atomic E-state index is 15.9. The number of hydrogen-bond donors (Lipinski definition) is 3. The van der Waals surface area contributed by atoms with Crippen LogP contribution in [0.15, 0.2) is 165 Å². The largest absolute Gasteiger partial charge is 0.433 e. The van der Waals surface area contributed by atoms with E-state index in [2.05, 4.69) is 78.0 Å². The Bertz CT molecular complexity index is 5810. The molecule has 129 heavy (non-hydrogen) atoms. The summed E-state index contributed by atoms with van der Waals surface area (Å²) in [5.74, 6) is -17.9. The van der Waals surface area contributed by atoms with Crippen LogP contribution in [0.5, 0.6) is 17.2 Å². The van der Waals surface area contributed by atoms with Gasteiger partial charge in [0.25, 0.3) is 35.4 Å². The van der Waals surface area contributed by atoms with Gasteiger partial charge in [0.05, 0.1) is 68.0 Å². The Balaban J connectivity index is 0.000000201. The van der Waals surface area contributed by atoms with Gasteiger partial charge in [-0.1, -0.05) is 30.3 Å². The molecular weight excluding hydrogens is 1980 g/mol. The fourth-order valence-corrected chi connectivity index (χ4v) is 13.9. The molecular formula is C85H61Br3F25N7O9. The average Bonchev–Trinajstić information content (AvgIpc) is 1.43. The third kappa shape index (κ3) is 23.5. The molecule has 44 heteroatoms. The summed E-state index contributed by atoms with van der Waals surface area (Å²) in [6, 6.07) is 25.2. The first-order valence-electron chi connectivity index (χ1n) is 37.4. The molecule has 0 spiro atoms. The van der Waals surface area contributed by atoms with E-state index in [9.17, 15) is 131 Å². The van der Waals surface area contributed by atoms with Crippen LogP contribution in [0.1, 0.15) is 144 Å². The van der Waals surface area contributed by atoms with Crippen LogP contribution in [0.3, 0.4) is 0 Å². The van der Waals surface area contributed by atoms with Gasteiger partial charge in [0.1, 0.15) is 11.6 Å². The minimum Gasteiger partial charge on any atom is -0.433 e. The average molecular weight is 2040 g/mol. The smallest absolute Gasteiger partial charge is 0.426 e. The molecule has 3 atom stereocenters. The Hall–Kier alpha value is -11.6. The number of amides is 6. The number of carbonyl (C=O) groups is 6. The lowest BCUT2D eigenvalue weighted by Crippen LogP contribution is -2.35. The highest BCUT2D eigenvalue weighted by molar-refractivity contribution is 9.11. The van der Waals surface area contributed by atoms with E-state index in [0.717, 1.165) is 82.1 Å². The van der Waals surface area contributed by atoms with Crippen molar-refractivity contribution < 1.29 is 153 Å². The lowest BCUT2D eigenvalue weighted by Gasteiger charge is -2.26. The first-order chi connectivity index (χ1) is 60.1. The lowest BCUT2D eigenvalue weighted by molar-refractivity contribution is -0.229. The van der Waals surface area contributed by atoms with Crippen molar-refractivity contribution in [3.05, 3.63) is 261 Å². The van der Waals surface area contributed by atoms with Gasteiger partial charge in [-0.25, -0.2) is 43.9 Å². The standard InChI is InChI=1S/C29H21BrF7N3O3.2C28H20BrF9N2O3/c1-28(34,29(35,36)37)17-11-20(30)24(22(12-17)43-27(32)33)39-25(41)19-7-4-8-21(23(19)31)40(14-15-9-10-15)26(42)18-6-3-2-5-16(18)13-38;1-27(35,28(36,37)38)15-9-19(29)23(21(10-15)43-26(33)34)39-24(41)18-3-2-4-20(22(18)32)40(12-13-5-6-13)25(42)14-7-16(30)11-17(31)8-14;1-27(35,28(36,37)38)15-10-17(29)23(21(11-15)43-26(33)34)39-24(41)16-3-2-4-20(22(16)32)40(12-13-5-6-13)25(42)14-7-8-18(30)19(31)9-14/h2-8,11-12,15,27H,9-10,14H2,1H3,(H,39,41);2*2-4,7-11,13,26H,5-6,12H2,1H3,(H,39,41). The van der Waals surface area contributed by atoms with Gasteiger partial charge in [-0.2, -0.15) is 71.1 Å². The molecule has 12 rings (SSSR count). The molecule has 0 radical (unpaired) electrons. The van der Waals surface area contributed by atoms with Crippen LogP contribution < -0.4 is 44.9 Å². The normalized spacial score (nSPS) is 14.7. The predicted octanol–water partition coefficient (Wildman–Crippen LogP) is 25.2. The number of anilines is 6. The fourth-order valence-electron chi connectivity index (χ4n) is 12.3. The predicted molar refractivity (Wildman–Crippen MR) is 426 cm³/mol. The van der Waals surface area contributed by atoms with Crippen molar-refractivity contribution >= 4 is 117 Å². The number of nitrogens with zero attached hydrogens (tertiary/aromatic N) is 4. The van der Waals surface area contributed by atoms with Crippen molar-refractivity contribution in [3.63, 3.8) is 0 Å². The number of rotatable bonds is 27. The maximum absolute atomic E-state index is 15.9. The fraction of sp³-hybridized carbons (Fsp3) is 0.282. The van der Waals surface area contributed by atoms with Gasteiger partial charge in [-0.05, 0) is 240 Å². The first kappa shape index (κ1) is 99.5. The number of nitrogens with one attached hydrogen (secondary N) is 3. The molecule has 686 valence electrons. The summed E-state index contributed by atoms with van der Waals surface area (Å²) in [6.07, 6.45) is -12.0. The Labute approximate surface area is 739 Å². The summed E-state index contributed by atoms with van der Waals surface area (Å²) in [5.41, 5.74) is -21.2. The molecule has 0 aromatic heterocycles. The second-order valence-corrected chi connectivity index (χ2v) is 32.0. The first-order valence-corrected chi connectivity index (χ1v) is 39.8. The van der Waals surface area contributed by atoms with Crippen LogP contribution in [0, 0.1) is 69.8 Å². The summed E-state index contributed by atoms with van der Waals surface area (Å²) >= 11 is 8.48. The van der Waals surface area contributed by atoms with Gasteiger partial charge in [-0.3, -0.25) is 28.8 Å². The highest BCUT2D eigenvalue weighted by Gasteiger charge is 2.56. The molecule has 3 saturated carbocycles. The Morgan fingerprint density at radius 3 is 0.984 bits per heavy atom. The summed E-state index contributed by atoms with van der Waals surface area (Å²) < 4.78 is 356. The van der Waals surface area contributed by atoms with Crippen LogP contribution in [0.4, 0.5) is 144 Å². The molecule has 0 saturated heterocycles. The summed E-state index contributed by atoms with van der Waals surface area (Å²) in [5, 5.41) is 15.7. The van der Waals surface area contributed by atoms with Gasteiger partial charge in [-0.15, -0.1) is 0 Å². The van der Waals surface area contributed by atoms with Crippen molar-refractivity contribution in [2.24, 2.45) is 17.8 Å². The van der Waals surface area contributed by atoms with E-state index in [-0.39, 0.29) is 80.5 Å². The summed E-state index contributed by atoms with van der Waals surface area (Å²) in [7, 11) is 0. The highest BCUT2D eigenvalue weighted by Crippen LogP contribution is 2.51. The van der Waals surface area contributed by atoms with Gasteiger partial charge in [0.2, 0.25) is 17.0 Å². The molecule has 9 aromatic carbocycles. The van der Waals surface area contributed by atoms with Crippen LogP contribution in [-0.2, 0) is 17.0 Å². The lowest BCUT2D eigenvalue weighted by atomic mass is 9.96. The maximum Gasteiger partial charge on any atom is 0.426 e. The van der Waals surface area contributed by atoms with Crippen molar-refractivity contribution in [1.29, 1.82) is 5.26 Å². The third-order valence-electron chi connectivity index (χ3n) is 20.0. The van der Waals surface area contributed by atoms with E-state index >= 15 is 13.2 Å². The van der Waals surface area contributed by atoms with Crippen LogP contribution in [0.2, 0.25) is 0 Å². The van der Waals surface area contributed by atoms with Crippen molar-refractivity contribution in [3.8, 4) is 23.3 Å². The number of hydrogen-bond acceptors (Lipinski definition) is 10. The second-order valence-electron chi connectivity index (χ2n) is 29.4. The third-order valence-corrected chi connectivity index (χ3v) is 21.9. The molecule has 3 aliphatic carbocycles. The molecule has 3 aliphatic rings. The van der Waals surface area contributed by atoms with E-state index in [1.807, 2.05) is 6.07 Å². The molecule has 0 bridgehead atoms.